The van der Waals surface area contributed by atoms with E-state index in [0.717, 1.165) is 26.3 Å². The lowest BCUT2D eigenvalue weighted by Gasteiger charge is -2.10. The molecule has 3 nitrogen and oxygen atoms in total. The van der Waals surface area contributed by atoms with Gasteiger partial charge in [-0.05, 0) is 47.2 Å². The number of hydrogen-bond acceptors (Lipinski definition) is 2. The quantitative estimate of drug-likeness (QED) is 0.853. The molecule has 1 unspecified atom stereocenters. The van der Waals surface area contributed by atoms with Crippen molar-refractivity contribution in [1.29, 1.82) is 0 Å². The SMILES string of the molecule is CCn1cc(C(N)c2ccc(I)c(Cl)c2)cn1. The number of halogens is 2. The van der Waals surface area contributed by atoms with E-state index in [1.54, 1.807) is 6.20 Å². The monoisotopic (exact) mass is 361 g/mol. The van der Waals surface area contributed by atoms with Gasteiger partial charge in [0.2, 0.25) is 0 Å². The Balaban J connectivity index is 2.29. The minimum absolute atomic E-state index is 0.176. The van der Waals surface area contributed by atoms with Gasteiger partial charge in [-0.3, -0.25) is 4.68 Å². The van der Waals surface area contributed by atoms with E-state index in [1.807, 2.05) is 36.0 Å². The molecule has 0 aliphatic carbocycles. The van der Waals surface area contributed by atoms with Crippen LogP contribution in [0.3, 0.4) is 0 Å². The van der Waals surface area contributed by atoms with Crippen molar-refractivity contribution in [1.82, 2.24) is 9.78 Å². The summed E-state index contributed by atoms with van der Waals surface area (Å²) in [6.07, 6.45) is 3.77. The van der Waals surface area contributed by atoms with Crippen molar-refractivity contribution >= 4 is 34.2 Å². The standard InChI is InChI=1S/C12H13ClIN3/c1-2-17-7-9(6-16-17)12(15)8-3-4-11(14)10(13)5-8/h3-7,12H,2,15H2,1H3. The Hall–Kier alpha value is -0.590. The summed E-state index contributed by atoms with van der Waals surface area (Å²) in [5.74, 6) is 0. The Morgan fingerprint density at radius 2 is 2.24 bits per heavy atom. The molecule has 1 heterocycles. The lowest BCUT2D eigenvalue weighted by Crippen LogP contribution is -2.11. The largest absolute Gasteiger partial charge is 0.320 e. The van der Waals surface area contributed by atoms with E-state index in [-0.39, 0.29) is 6.04 Å². The van der Waals surface area contributed by atoms with Crippen LogP contribution in [0, 0.1) is 3.57 Å². The van der Waals surface area contributed by atoms with Crippen LogP contribution in [0.4, 0.5) is 0 Å². The predicted octanol–water partition coefficient (Wildman–Crippen LogP) is 3.21. The van der Waals surface area contributed by atoms with E-state index >= 15 is 0 Å². The summed E-state index contributed by atoms with van der Waals surface area (Å²) in [6.45, 7) is 2.89. The van der Waals surface area contributed by atoms with Crippen LogP contribution in [0.25, 0.3) is 0 Å². The average Bonchev–Trinajstić information content (AvgIpc) is 2.80. The average molecular weight is 362 g/mol. The smallest absolute Gasteiger partial charge is 0.0583 e. The topological polar surface area (TPSA) is 43.8 Å². The Bertz CT molecular complexity index is 524. The molecule has 1 aromatic heterocycles. The molecular weight excluding hydrogens is 349 g/mol. The summed E-state index contributed by atoms with van der Waals surface area (Å²) >= 11 is 8.29. The van der Waals surface area contributed by atoms with Gasteiger partial charge < -0.3 is 5.73 Å². The third-order valence-corrected chi connectivity index (χ3v) is 4.21. The molecule has 0 spiro atoms. The second kappa shape index (κ2) is 5.37. The second-order valence-corrected chi connectivity index (χ2v) is 5.35. The molecule has 0 bridgehead atoms. The highest BCUT2D eigenvalue weighted by Gasteiger charge is 2.12. The molecule has 1 aromatic carbocycles. The molecule has 0 saturated carbocycles. The van der Waals surface area contributed by atoms with E-state index in [0.29, 0.717) is 0 Å². The van der Waals surface area contributed by atoms with Crippen molar-refractivity contribution in [3.05, 3.63) is 50.3 Å². The first-order valence-electron chi connectivity index (χ1n) is 5.34. The summed E-state index contributed by atoms with van der Waals surface area (Å²) < 4.78 is 2.90. The number of nitrogens with two attached hydrogens (primary N) is 1. The van der Waals surface area contributed by atoms with Crippen LogP contribution in [0.15, 0.2) is 30.6 Å². The van der Waals surface area contributed by atoms with Crippen molar-refractivity contribution in [2.24, 2.45) is 5.73 Å². The Morgan fingerprint density at radius 3 is 2.82 bits per heavy atom. The first-order chi connectivity index (χ1) is 8.11. The van der Waals surface area contributed by atoms with E-state index in [9.17, 15) is 0 Å². The Labute approximate surface area is 119 Å². The lowest BCUT2D eigenvalue weighted by molar-refractivity contribution is 0.658. The van der Waals surface area contributed by atoms with Gasteiger partial charge in [-0.1, -0.05) is 17.7 Å². The predicted molar refractivity (Wildman–Crippen MR) is 78.1 cm³/mol. The maximum Gasteiger partial charge on any atom is 0.0583 e. The van der Waals surface area contributed by atoms with Gasteiger partial charge in [-0.2, -0.15) is 5.10 Å². The minimum Gasteiger partial charge on any atom is -0.320 e. The fourth-order valence-corrected chi connectivity index (χ4v) is 2.14. The number of aromatic nitrogens is 2. The van der Waals surface area contributed by atoms with Gasteiger partial charge in [0.1, 0.15) is 0 Å². The maximum atomic E-state index is 6.19. The van der Waals surface area contributed by atoms with Gasteiger partial charge in [0.25, 0.3) is 0 Å². The Morgan fingerprint density at radius 1 is 1.47 bits per heavy atom. The van der Waals surface area contributed by atoms with E-state index in [2.05, 4.69) is 27.7 Å². The van der Waals surface area contributed by atoms with Crippen molar-refractivity contribution in [3.63, 3.8) is 0 Å². The molecule has 0 aliphatic rings. The lowest BCUT2D eigenvalue weighted by atomic mass is 10.0. The normalized spacial score (nSPS) is 12.7. The highest BCUT2D eigenvalue weighted by molar-refractivity contribution is 14.1. The van der Waals surface area contributed by atoms with Crippen LogP contribution in [0.5, 0.6) is 0 Å². The first kappa shape index (κ1) is 12.9. The van der Waals surface area contributed by atoms with Gasteiger partial charge in [0, 0.05) is 21.9 Å². The molecule has 0 fully saturated rings. The zero-order valence-electron chi connectivity index (χ0n) is 9.40. The van der Waals surface area contributed by atoms with Gasteiger partial charge in [0.05, 0.1) is 17.3 Å². The number of aryl methyl sites for hydroxylation is 1. The number of hydrogen-bond donors (Lipinski definition) is 1. The molecule has 2 aromatic rings. The maximum absolute atomic E-state index is 6.19. The van der Waals surface area contributed by atoms with Crippen LogP contribution < -0.4 is 5.73 Å². The molecule has 5 heteroatoms. The van der Waals surface area contributed by atoms with Gasteiger partial charge in [-0.25, -0.2) is 0 Å². The van der Waals surface area contributed by atoms with Gasteiger partial charge in [-0.15, -0.1) is 0 Å². The van der Waals surface area contributed by atoms with Crippen molar-refractivity contribution in [2.75, 3.05) is 0 Å². The van der Waals surface area contributed by atoms with Crippen LogP contribution in [0.1, 0.15) is 24.1 Å². The molecule has 2 N–H and O–H groups in total. The molecule has 0 amide bonds. The minimum atomic E-state index is -0.176. The summed E-state index contributed by atoms with van der Waals surface area (Å²) in [7, 11) is 0. The van der Waals surface area contributed by atoms with Gasteiger partial charge >= 0.3 is 0 Å². The summed E-state index contributed by atoms with van der Waals surface area (Å²) in [6, 6.07) is 5.71. The third kappa shape index (κ3) is 2.81. The van der Waals surface area contributed by atoms with Crippen molar-refractivity contribution in [3.8, 4) is 0 Å². The highest BCUT2D eigenvalue weighted by atomic mass is 127. The summed E-state index contributed by atoms with van der Waals surface area (Å²) in [5, 5.41) is 4.96. The van der Waals surface area contributed by atoms with Crippen LogP contribution in [0.2, 0.25) is 5.02 Å². The zero-order chi connectivity index (χ0) is 12.4. The molecule has 90 valence electrons. The van der Waals surface area contributed by atoms with Gasteiger partial charge in [0.15, 0.2) is 0 Å². The number of benzene rings is 1. The number of rotatable bonds is 3. The highest BCUT2D eigenvalue weighted by Crippen LogP contribution is 2.25. The Kier molecular flexibility index (Phi) is 4.06. The van der Waals surface area contributed by atoms with Crippen LogP contribution >= 0.6 is 34.2 Å². The molecular formula is C12H13ClIN3. The zero-order valence-corrected chi connectivity index (χ0v) is 12.3. The van der Waals surface area contributed by atoms with Crippen LogP contribution in [-0.2, 0) is 6.54 Å². The van der Waals surface area contributed by atoms with Crippen molar-refractivity contribution in [2.45, 2.75) is 19.5 Å². The van der Waals surface area contributed by atoms with Crippen molar-refractivity contribution < 1.29 is 0 Å². The molecule has 17 heavy (non-hydrogen) atoms. The fourth-order valence-electron chi connectivity index (χ4n) is 1.61. The molecule has 0 radical (unpaired) electrons. The van der Waals surface area contributed by atoms with E-state index in [4.69, 9.17) is 17.3 Å². The first-order valence-corrected chi connectivity index (χ1v) is 6.80. The second-order valence-electron chi connectivity index (χ2n) is 3.78. The van der Waals surface area contributed by atoms with E-state index < -0.39 is 0 Å². The third-order valence-electron chi connectivity index (χ3n) is 2.64. The molecule has 1 atom stereocenters. The molecule has 2 rings (SSSR count). The van der Waals surface area contributed by atoms with E-state index in [1.165, 1.54) is 0 Å². The van der Waals surface area contributed by atoms with Crippen LogP contribution in [-0.4, -0.2) is 9.78 Å². The summed E-state index contributed by atoms with van der Waals surface area (Å²) in [4.78, 5) is 0. The molecule has 0 saturated heterocycles. The number of nitrogens with zero attached hydrogens (tertiary/aromatic N) is 2. The fraction of sp³-hybridized carbons (Fsp3) is 0.250. The molecule has 0 aliphatic heterocycles. The summed E-state index contributed by atoms with van der Waals surface area (Å²) in [5.41, 5.74) is 8.20.